The van der Waals surface area contributed by atoms with Crippen LogP contribution >= 0.6 is 11.6 Å². The molecule has 2 amide bonds. The lowest BCUT2D eigenvalue weighted by molar-refractivity contribution is 0.101. The number of anilines is 2. The smallest absolute Gasteiger partial charge is 0.259 e. The first-order valence-electron chi connectivity index (χ1n) is 8.60. The van der Waals surface area contributed by atoms with Gasteiger partial charge in [0.25, 0.3) is 11.8 Å². The van der Waals surface area contributed by atoms with Gasteiger partial charge in [-0.2, -0.15) is 0 Å². The van der Waals surface area contributed by atoms with Crippen LogP contribution in [0.3, 0.4) is 0 Å². The molecular weight excluding hydrogens is 376 g/mol. The monoisotopic (exact) mass is 394 g/mol. The van der Waals surface area contributed by atoms with E-state index in [1.54, 1.807) is 60.7 Å². The number of methoxy groups -OCH3 is 1. The Balaban J connectivity index is 1.77. The average Bonchev–Trinajstić information content (AvgIpc) is 2.68. The van der Waals surface area contributed by atoms with Crippen LogP contribution in [0, 0.1) is 6.92 Å². The van der Waals surface area contributed by atoms with Crippen molar-refractivity contribution >= 4 is 34.8 Å². The van der Waals surface area contributed by atoms with E-state index in [-0.39, 0.29) is 11.8 Å². The lowest BCUT2D eigenvalue weighted by Crippen LogP contribution is -2.15. The minimum absolute atomic E-state index is 0.296. The highest BCUT2D eigenvalue weighted by molar-refractivity contribution is 6.34. The van der Waals surface area contributed by atoms with E-state index in [1.807, 2.05) is 13.0 Å². The third-order valence-electron chi connectivity index (χ3n) is 4.16. The Morgan fingerprint density at radius 3 is 2.04 bits per heavy atom. The molecule has 142 valence electrons. The molecule has 0 radical (unpaired) electrons. The number of carbonyl (C=O) groups is 2. The Morgan fingerprint density at radius 1 is 0.821 bits per heavy atom. The number of hydrogen-bond donors (Lipinski definition) is 2. The van der Waals surface area contributed by atoms with Crippen molar-refractivity contribution in [3.05, 3.63) is 88.4 Å². The van der Waals surface area contributed by atoms with Crippen LogP contribution in [0.4, 0.5) is 11.4 Å². The molecule has 6 heteroatoms. The molecule has 0 spiro atoms. The number of nitrogens with one attached hydrogen (secondary N) is 2. The maximum atomic E-state index is 12.6. The first-order valence-corrected chi connectivity index (χ1v) is 8.98. The van der Waals surface area contributed by atoms with Crippen LogP contribution in [-0.4, -0.2) is 18.9 Å². The summed E-state index contributed by atoms with van der Waals surface area (Å²) < 4.78 is 5.34. The molecule has 0 saturated carbocycles. The molecule has 0 aromatic heterocycles. The zero-order valence-corrected chi connectivity index (χ0v) is 16.2. The molecule has 0 heterocycles. The second kappa shape index (κ2) is 8.59. The summed E-state index contributed by atoms with van der Waals surface area (Å²) in [6.07, 6.45) is 0. The van der Waals surface area contributed by atoms with Gasteiger partial charge in [0.2, 0.25) is 0 Å². The van der Waals surface area contributed by atoms with Gasteiger partial charge in [-0.1, -0.05) is 41.9 Å². The summed E-state index contributed by atoms with van der Waals surface area (Å²) in [6, 6.07) is 19.1. The summed E-state index contributed by atoms with van der Waals surface area (Å²) in [5.74, 6) is -0.0901. The summed E-state index contributed by atoms with van der Waals surface area (Å²) in [7, 11) is 1.53. The van der Waals surface area contributed by atoms with Crippen molar-refractivity contribution in [2.45, 2.75) is 6.92 Å². The number of hydrogen-bond acceptors (Lipinski definition) is 3. The molecule has 0 atom stereocenters. The summed E-state index contributed by atoms with van der Waals surface area (Å²) in [5, 5.41) is 5.98. The highest BCUT2D eigenvalue weighted by Gasteiger charge is 2.15. The second-order valence-electron chi connectivity index (χ2n) is 6.12. The molecule has 0 aliphatic heterocycles. The zero-order valence-electron chi connectivity index (χ0n) is 15.5. The maximum Gasteiger partial charge on any atom is 0.259 e. The highest BCUT2D eigenvalue weighted by atomic mass is 35.5. The Hall–Kier alpha value is -3.31. The number of amides is 2. The zero-order chi connectivity index (χ0) is 20.1. The lowest BCUT2D eigenvalue weighted by atomic mass is 10.1. The van der Waals surface area contributed by atoms with E-state index in [0.717, 1.165) is 5.56 Å². The fourth-order valence-electron chi connectivity index (χ4n) is 2.82. The van der Waals surface area contributed by atoms with Gasteiger partial charge in [-0.15, -0.1) is 0 Å². The molecule has 3 rings (SSSR count). The fourth-order valence-corrected chi connectivity index (χ4v) is 3.04. The Kier molecular flexibility index (Phi) is 5.96. The van der Waals surface area contributed by atoms with Crippen molar-refractivity contribution in [3.8, 4) is 5.75 Å². The van der Waals surface area contributed by atoms with Gasteiger partial charge >= 0.3 is 0 Å². The molecule has 0 fully saturated rings. The van der Waals surface area contributed by atoms with E-state index in [0.29, 0.717) is 33.3 Å². The van der Waals surface area contributed by atoms with Crippen LogP contribution in [0.2, 0.25) is 5.02 Å². The molecule has 0 saturated heterocycles. The van der Waals surface area contributed by atoms with Crippen molar-refractivity contribution in [2.24, 2.45) is 0 Å². The van der Waals surface area contributed by atoms with Gasteiger partial charge < -0.3 is 15.4 Å². The number of aryl methyl sites for hydroxylation is 1. The van der Waals surface area contributed by atoms with Gasteiger partial charge in [-0.25, -0.2) is 0 Å². The molecule has 0 bridgehead atoms. The normalized spacial score (nSPS) is 10.2. The third-order valence-corrected chi connectivity index (χ3v) is 4.49. The first-order chi connectivity index (χ1) is 13.5. The van der Waals surface area contributed by atoms with E-state index in [1.165, 1.54) is 7.11 Å². The van der Waals surface area contributed by atoms with Gasteiger partial charge in [-0.3, -0.25) is 9.59 Å². The molecule has 3 aromatic rings. The number of para-hydroxylation sites is 1. The number of rotatable bonds is 5. The van der Waals surface area contributed by atoms with Crippen LogP contribution in [0.25, 0.3) is 0 Å². The van der Waals surface area contributed by atoms with Crippen molar-refractivity contribution in [1.29, 1.82) is 0 Å². The van der Waals surface area contributed by atoms with Gasteiger partial charge in [0.05, 0.1) is 23.3 Å². The van der Waals surface area contributed by atoms with E-state index < -0.39 is 0 Å². The van der Waals surface area contributed by atoms with Crippen molar-refractivity contribution < 1.29 is 14.3 Å². The minimum Gasteiger partial charge on any atom is -0.496 e. The summed E-state index contributed by atoms with van der Waals surface area (Å²) in [5.41, 5.74) is 2.77. The second-order valence-corrected chi connectivity index (χ2v) is 6.53. The SMILES string of the molecule is COc1c(C)cccc1C(=O)Nc1cccc(NC(=O)c2ccccc2Cl)c1. The van der Waals surface area contributed by atoms with Crippen LogP contribution in [-0.2, 0) is 0 Å². The highest BCUT2D eigenvalue weighted by Crippen LogP contribution is 2.25. The Bertz CT molecular complexity index is 1030. The van der Waals surface area contributed by atoms with Crippen molar-refractivity contribution in [1.82, 2.24) is 0 Å². The van der Waals surface area contributed by atoms with E-state index in [2.05, 4.69) is 10.6 Å². The fraction of sp³-hybridized carbons (Fsp3) is 0.0909. The van der Waals surface area contributed by atoms with Crippen LogP contribution in [0.5, 0.6) is 5.75 Å². The molecule has 0 aliphatic rings. The summed E-state index contributed by atoms with van der Waals surface area (Å²) in [6.45, 7) is 1.88. The lowest BCUT2D eigenvalue weighted by Gasteiger charge is -2.12. The topological polar surface area (TPSA) is 67.4 Å². The molecular formula is C22H19ClN2O3. The molecule has 0 aliphatic carbocycles. The number of benzene rings is 3. The van der Waals surface area contributed by atoms with Crippen LogP contribution in [0.1, 0.15) is 26.3 Å². The Morgan fingerprint density at radius 2 is 1.39 bits per heavy atom. The van der Waals surface area contributed by atoms with Crippen molar-refractivity contribution in [2.75, 3.05) is 17.7 Å². The predicted molar refractivity (Wildman–Crippen MR) is 112 cm³/mol. The van der Waals surface area contributed by atoms with Gasteiger partial charge in [0.1, 0.15) is 5.75 Å². The largest absolute Gasteiger partial charge is 0.496 e. The molecule has 5 nitrogen and oxygen atoms in total. The average molecular weight is 395 g/mol. The van der Waals surface area contributed by atoms with Gasteiger partial charge in [-0.05, 0) is 48.9 Å². The summed E-state index contributed by atoms with van der Waals surface area (Å²) in [4.78, 5) is 25.1. The first kappa shape index (κ1) is 19.5. The van der Waals surface area contributed by atoms with Crippen molar-refractivity contribution in [3.63, 3.8) is 0 Å². The standard InChI is InChI=1S/C22H19ClN2O3/c1-14-7-5-11-18(20(14)28-2)22(27)25-16-9-6-8-15(13-16)24-21(26)17-10-3-4-12-19(17)23/h3-13H,1-2H3,(H,24,26)(H,25,27). The molecule has 3 aromatic carbocycles. The van der Waals surface area contributed by atoms with E-state index in [4.69, 9.17) is 16.3 Å². The molecule has 0 unspecified atom stereocenters. The quantitative estimate of drug-likeness (QED) is 0.628. The number of halogens is 1. The number of carbonyl (C=O) groups excluding carboxylic acids is 2. The van der Waals surface area contributed by atoms with Crippen LogP contribution < -0.4 is 15.4 Å². The predicted octanol–water partition coefficient (Wildman–Crippen LogP) is 5.16. The minimum atomic E-state index is -0.325. The summed E-state index contributed by atoms with van der Waals surface area (Å²) >= 11 is 6.06. The van der Waals surface area contributed by atoms with Crippen LogP contribution in [0.15, 0.2) is 66.7 Å². The van der Waals surface area contributed by atoms with Gasteiger partial charge in [0.15, 0.2) is 0 Å². The van der Waals surface area contributed by atoms with E-state index >= 15 is 0 Å². The molecule has 2 N–H and O–H groups in total. The Labute approximate surface area is 168 Å². The van der Waals surface area contributed by atoms with E-state index in [9.17, 15) is 9.59 Å². The van der Waals surface area contributed by atoms with Gasteiger partial charge in [0, 0.05) is 11.4 Å². The maximum absolute atomic E-state index is 12.6. The number of ether oxygens (including phenoxy) is 1. The molecule has 28 heavy (non-hydrogen) atoms. The third kappa shape index (κ3) is 4.32.